The molecule has 1 aliphatic rings. The van der Waals surface area contributed by atoms with E-state index < -0.39 is 24.2 Å². The Morgan fingerprint density at radius 3 is 2.44 bits per heavy atom. The van der Waals surface area contributed by atoms with Crippen LogP contribution in [-0.4, -0.2) is 43.9 Å². The summed E-state index contributed by atoms with van der Waals surface area (Å²) in [4.78, 5) is 22.8. The van der Waals surface area contributed by atoms with E-state index in [4.69, 9.17) is 10.2 Å². The Balaban J connectivity index is 2.57. The van der Waals surface area contributed by atoms with Crippen molar-refractivity contribution in [3.05, 3.63) is 29.3 Å². The molecule has 1 aliphatic heterocycles. The topological polar surface area (TPSA) is 118 Å². The number of phenols is 1. The lowest BCUT2D eigenvalue weighted by Gasteiger charge is -2.35. The SMILES string of the molecule is O=C(O)C1c2ccc(O)cc2C(O)CN1C(=O)O. The third-order valence-corrected chi connectivity index (χ3v) is 2.88. The monoisotopic (exact) mass is 253 g/mol. The molecule has 4 N–H and O–H groups in total. The number of hydrogen-bond acceptors (Lipinski definition) is 4. The van der Waals surface area contributed by atoms with E-state index in [0.717, 1.165) is 0 Å². The second-order valence-electron chi connectivity index (χ2n) is 4.00. The molecule has 0 fully saturated rings. The Hall–Kier alpha value is -2.28. The van der Waals surface area contributed by atoms with Gasteiger partial charge in [0, 0.05) is 0 Å². The number of carboxylic acids is 1. The van der Waals surface area contributed by atoms with Gasteiger partial charge in [-0.3, -0.25) is 4.90 Å². The Labute approximate surface area is 102 Å². The van der Waals surface area contributed by atoms with Gasteiger partial charge in [-0.2, -0.15) is 0 Å². The van der Waals surface area contributed by atoms with Gasteiger partial charge in [0.1, 0.15) is 5.75 Å². The minimum atomic E-state index is -1.42. The van der Waals surface area contributed by atoms with Gasteiger partial charge in [0.05, 0.1) is 12.6 Å². The van der Waals surface area contributed by atoms with Crippen molar-refractivity contribution in [2.24, 2.45) is 0 Å². The van der Waals surface area contributed by atoms with Gasteiger partial charge in [0.2, 0.25) is 0 Å². The number of benzene rings is 1. The van der Waals surface area contributed by atoms with Crippen molar-refractivity contribution in [3.8, 4) is 5.75 Å². The number of nitrogens with zero attached hydrogens (tertiary/aromatic N) is 1. The van der Waals surface area contributed by atoms with Crippen LogP contribution in [0.4, 0.5) is 4.79 Å². The molecule has 0 saturated carbocycles. The number of fused-ring (bicyclic) bond motifs is 1. The smallest absolute Gasteiger partial charge is 0.408 e. The van der Waals surface area contributed by atoms with E-state index in [1.807, 2.05) is 0 Å². The standard InChI is InChI=1S/C11H11NO6/c13-5-1-2-6-7(3-5)8(14)4-12(11(17)18)9(6)10(15)16/h1-3,8-9,13-14H,4H2,(H,15,16)(H,17,18). The second kappa shape index (κ2) is 4.19. The molecule has 0 radical (unpaired) electrons. The number of carbonyl (C=O) groups is 2. The minimum absolute atomic E-state index is 0.110. The summed E-state index contributed by atoms with van der Waals surface area (Å²) in [6.07, 6.45) is -2.57. The van der Waals surface area contributed by atoms with E-state index >= 15 is 0 Å². The Kier molecular flexibility index (Phi) is 2.84. The number of rotatable bonds is 1. The number of β-amino-alcohol motifs (C(OH)–C–C–N with tert-alkyl or cyclic N) is 1. The number of hydrogen-bond donors (Lipinski definition) is 4. The summed E-state index contributed by atoms with van der Waals surface area (Å²) in [5.41, 5.74) is 0.404. The highest BCUT2D eigenvalue weighted by molar-refractivity contribution is 5.82. The molecule has 1 aromatic rings. The molecule has 18 heavy (non-hydrogen) atoms. The zero-order chi connectivity index (χ0) is 13.4. The molecule has 0 aromatic heterocycles. The van der Waals surface area contributed by atoms with E-state index in [1.165, 1.54) is 18.2 Å². The van der Waals surface area contributed by atoms with Crippen molar-refractivity contribution in [3.63, 3.8) is 0 Å². The fourth-order valence-electron chi connectivity index (χ4n) is 2.11. The van der Waals surface area contributed by atoms with Crippen molar-refractivity contribution in [1.29, 1.82) is 0 Å². The van der Waals surface area contributed by atoms with Crippen molar-refractivity contribution < 1.29 is 30.0 Å². The van der Waals surface area contributed by atoms with E-state index in [2.05, 4.69) is 0 Å². The number of aliphatic carboxylic acids is 1. The largest absolute Gasteiger partial charge is 0.508 e. The Morgan fingerprint density at radius 1 is 1.22 bits per heavy atom. The van der Waals surface area contributed by atoms with E-state index in [-0.39, 0.29) is 23.4 Å². The van der Waals surface area contributed by atoms with Crippen LogP contribution in [0.15, 0.2) is 18.2 Å². The highest BCUT2D eigenvalue weighted by Crippen LogP contribution is 2.36. The number of amides is 1. The summed E-state index contributed by atoms with van der Waals surface area (Å²) in [6, 6.07) is 2.44. The van der Waals surface area contributed by atoms with Gasteiger partial charge < -0.3 is 20.4 Å². The van der Waals surface area contributed by atoms with Crippen LogP contribution in [0.25, 0.3) is 0 Å². The summed E-state index contributed by atoms with van der Waals surface area (Å²) in [7, 11) is 0. The first kappa shape index (κ1) is 12.2. The number of aromatic hydroxyl groups is 1. The molecule has 2 atom stereocenters. The molecular formula is C11H11NO6. The maximum absolute atomic E-state index is 11.2. The summed E-state index contributed by atoms with van der Waals surface area (Å²) in [5, 5.41) is 37.2. The molecule has 0 spiro atoms. The molecule has 7 nitrogen and oxygen atoms in total. The average Bonchev–Trinajstić information content (AvgIpc) is 2.28. The van der Waals surface area contributed by atoms with Crippen LogP contribution in [0.3, 0.4) is 0 Å². The molecular weight excluding hydrogens is 242 g/mol. The average molecular weight is 253 g/mol. The highest BCUT2D eigenvalue weighted by atomic mass is 16.4. The number of carboxylic acid groups (broad SMARTS) is 2. The van der Waals surface area contributed by atoms with Gasteiger partial charge in [-0.15, -0.1) is 0 Å². The molecule has 0 aliphatic carbocycles. The lowest BCUT2D eigenvalue weighted by molar-refractivity contribution is -0.144. The number of phenolic OH excluding ortho intramolecular Hbond substituents is 1. The maximum atomic E-state index is 11.2. The van der Waals surface area contributed by atoms with Crippen LogP contribution in [0.5, 0.6) is 5.75 Å². The molecule has 7 heteroatoms. The van der Waals surface area contributed by atoms with Crippen LogP contribution in [0.2, 0.25) is 0 Å². The van der Waals surface area contributed by atoms with Gasteiger partial charge in [0.15, 0.2) is 6.04 Å². The molecule has 1 heterocycles. The molecule has 2 unspecified atom stereocenters. The van der Waals surface area contributed by atoms with E-state index in [9.17, 15) is 19.8 Å². The normalized spacial score (nSPS) is 22.4. The van der Waals surface area contributed by atoms with Crippen molar-refractivity contribution in [1.82, 2.24) is 4.90 Å². The molecule has 2 rings (SSSR count). The first-order valence-electron chi connectivity index (χ1n) is 5.15. The fraction of sp³-hybridized carbons (Fsp3) is 0.273. The Bertz CT molecular complexity index is 514. The van der Waals surface area contributed by atoms with Gasteiger partial charge in [0.25, 0.3) is 0 Å². The van der Waals surface area contributed by atoms with Gasteiger partial charge in [-0.25, -0.2) is 9.59 Å². The quantitative estimate of drug-likeness (QED) is 0.580. The second-order valence-corrected chi connectivity index (χ2v) is 4.00. The third kappa shape index (κ3) is 1.84. The predicted octanol–water partition coefficient (Wildman–Crippen LogP) is 0.545. The summed E-state index contributed by atoms with van der Waals surface area (Å²) < 4.78 is 0. The molecule has 1 aromatic carbocycles. The predicted molar refractivity (Wildman–Crippen MR) is 58.2 cm³/mol. The Morgan fingerprint density at radius 2 is 1.89 bits per heavy atom. The fourth-order valence-corrected chi connectivity index (χ4v) is 2.11. The van der Waals surface area contributed by atoms with Crippen LogP contribution in [0, 0.1) is 0 Å². The van der Waals surface area contributed by atoms with Crippen molar-refractivity contribution in [2.45, 2.75) is 12.1 Å². The summed E-state index contributed by atoms with van der Waals surface area (Å²) >= 11 is 0. The first-order chi connectivity index (χ1) is 8.41. The van der Waals surface area contributed by atoms with E-state index in [1.54, 1.807) is 0 Å². The van der Waals surface area contributed by atoms with Crippen LogP contribution in [0.1, 0.15) is 23.3 Å². The number of aliphatic hydroxyl groups is 1. The van der Waals surface area contributed by atoms with Crippen molar-refractivity contribution >= 4 is 12.1 Å². The zero-order valence-corrected chi connectivity index (χ0v) is 9.15. The lowest BCUT2D eigenvalue weighted by Crippen LogP contribution is -2.44. The van der Waals surface area contributed by atoms with Gasteiger partial charge in [-0.05, 0) is 23.3 Å². The summed E-state index contributed by atoms with van der Waals surface area (Å²) in [5.74, 6) is -1.43. The lowest BCUT2D eigenvalue weighted by atomic mass is 9.91. The number of aliphatic hydroxyl groups excluding tert-OH is 1. The van der Waals surface area contributed by atoms with E-state index in [0.29, 0.717) is 4.90 Å². The van der Waals surface area contributed by atoms with Crippen LogP contribution < -0.4 is 0 Å². The highest BCUT2D eigenvalue weighted by Gasteiger charge is 2.39. The van der Waals surface area contributed by atoms with Crippen LogP contribution >= 0.6 is 0 Å². The van der Waals surface area contributed by atoms with Gasteiger partial charge >= 0.3 is 12.1 Å². The van der Waals surface area contributed by atoms with Gasteiger partial charge in [-0.1, -0.05) is 6.07 Å². The van der Waals surface area contributed by atoms with Crippen LogP contribution in [-0.2, 0) is 4.79 Å². The molecule has 96 valence electrons. The first-order valence-corrected chi connectivity index (χ1v) is 5.15. The van der Waals surface area contributed by atoms with Crippen molar-refractivity contribution in [2.75, 3.05) is 6.54 Å². The molecule has 0 bridgehead atoms. The summed E-state index contributed by atoms with van der Waals surface area (Å²) in [6.45, 7) is -0.344. The minimum Gasteiger partial charge on any atom is -0.508 e. The molecule has 0 saturated heterocycles. The maximum Gasteiger partial charge on any atom is 0.408 e. The zero-order valence-electron chi connectivity index (χ0n) is 9.15. The third-order valence-electron chi connectivity index (χ3n) is 2.88. The molecule has 1 amide bonds.